The van der Waals surface area contributed by atoms with E-state index < -0.39 is 16.0 Å². The van der Waals surface area contributed by atoms with E-state index in [1.165, 1.54) is 11.6 Å². The Morgan fingerprint density at radius 2 is 2.33 bits per heavy atom. The average molecular weight is 287 g/mol. The van der Waals surface area contributed by atoms with Crippen molar-refractivity contribution >= 4 is 27.3 Å². The molecule has 0 atom stereocenters. The molecule has 9 heteroatoms. The predicted octanol–water partition coefficient (Wildman–Crippen LogP) is 0.648. The summed E-state index contributed by atoms with van der Waals surface area (Å²) in [5.41, 5.74) is -0.0432. The van der Waals surface area contributed by atoms with Gasteiger partial charge in [0.2, 0.25) is 10.0 Å². The van der Waals surface area contributed by atoms with Crippen LogP contribution in [0, 0.1) is 0 Å². The highest BCUT2D eigenvalue weighted by atomic mass is 32.2. The SMILES string of the molecule is O=C(O)c1csc(S(=O)(=O)NCc2ncc[nH]2)c1. The fourth-order valence-electron chi connectivity index (χ4n) is 1.20. The molecule has 0 spiro atoms. The van der Waals surface area contributed by atoms with Crippen LogP contribution < -0.4 is 4.72 Å². The maximum absolute atomic E-state index is 11.8. The molecule has 0 saturated heterocycles. The highest BCUT2D eigenvalue weighted by Gasteiger charge is 2.18. The highest BCUT2D eigenvalue weighted by Crippen LogP contribution is 2.20. The van der Waals surface area contributed by atoms with Crippen molar-refractivity contribution < 1.29 is 18.3 Å². The van der Waals surface area contributed by atoms with Crippen LogP contribution in [0.5, 0.6) is 0 Å². The van der Waals surface area contributed by atoms with E-state index >= 15 is 0 Å². The van der Waals surface area contributed by atoms with Gasteiger partial charge in [0.15, 0.2) is 0 Å². The number of aromatic amines is 1. The third kappa shape index (κ3) is 2.75. The molecule has 2 rings (SSSR count). The van der Waals surface area contributed by atoms with Crippen molar-refractivity contribution in [2.24, 2.45) is 0 Å². The van der Waals surface area contributed by atoms with E-state index in [2.05, 4.69) is 14.7 Å². The largest absolute Gasteiger partial charge is 0.478 e. The molecule has 0 aliphatic rings. The van der Waals surface area contributed by atoms with Gasteiger partial charge in [-0.15, -0.1) is 11.3 Å². The van der Waals surface area contributed by atoms with Crippen LogP contribution in [0.4, 0.5) is 0 Å². The smallest absolute Gasteiger partial charge is 0.336 e. The molecule has 96 valence electrons. The molecular formula is C9H9N3O4S2. The van der Waals surface area contributed by atoms with Crippen molar-refractivity contribution in [3.05, 3.63) is 35.2 Å². The molecule has 0 aromatic carbocycles. The van der Waals surface area contributed by atoms with Crippen molar-refractivity contribution in [3.63, 3.8) is 0 Å². The summed E-state index contributed by atoms with van der Waals surface area (Å²) in [6.45, 7) is 0.0235. The Balaban J connectivity index is 2.12. The number of nitrogens with zero attached hydrogens (tertiary/aromatic N) is 1. The number of H-pyrrole nitrogens is 1. The van der Waals surface area contributed by atoms with Gasteiger partial charge in [-0.2, -0.15) is 0 Å². The second-order valence-corrected chi connectivity index (χ2v) is 6.23. The predicted molar refractivity (Wildman–Crippen MR) is 63.9 cm³/mol. The Bertz CT molecular complexity index is 645. The third-order valence-corrected chi connectivity index (χ3v) is 4.91. The lowest BCUT2D eigenvalue weighted by molar-refractivity contribution is 0.0697. The number of hydrogen-bond donors (Lipinski definition) is 3. The fourth-order valence-corrected chi connectivity index (χ4v) is 3.38. The van der Waals surface area contributed by atoms with Crippen LogP contribution in [0.15, 0.2) is 28.0 Å². The molecule has 0 radical (unpaired) electrons. The van der Waals surface area contributed by atoms with E-state index in [0.717, 1.165) is 17.4 Å². The van der Waals surface area contributed by atoms with Crippen LogP contribution in [0.3, 0.4) is 0 Å². The number of aromatic nitrogens is 2. The number of carboxylic acids is 1. The van der Waals surface area contributed by atoms with Gasteiger partial charge in [-0.05, 0) is 6.07 Å². The lowest BCUT2D eigenvalue weighted by atomic mass is 10.4. The minimum Gasteiger partial charge on any atom is -0.478 e. The summed E-state index contributed by atoms with van der Waals surface area (Å²) in [7, 11) is -3.70. The first-order valence-electron chi connectivity index (χ1n) is 4.79. The van der Waals surface area contributed by atoms with Crippen LogP contribution in [-0.2, 0) is 16.6 Å². The third-order valence-electron chi connectivity index (χ3n) is 2.07. The number of nitrogens with one attached hydrogen (secondary N) is 2. The molecule has 2 aromatic rings. The number of aromatic carboxylic acids is 1. The zero-order chi connectivity index (χ0) is 13.2. The minimum absolute atomic E-state index is 0.0235. The maximum Gasteiger partial charge on any atom is 0.336 e. The molecule has 0 aliphatic carbocycles. The first-order chi connectivity index (χ1) is 8.49. The van der Waals surface area contributed by atoms with Crippen molar-refractivity contribution in [3.8, 4) is 0 Å². The van der Waals surface area contributed by atoms with E-state index in [0.29, 0.717) is 5.82 Å². The fraction of sp³-hybridized carbons (Fsp3) is 0.111. The van der Waals surface area contributed by atoms with E-state index in [4.69, 9.17) is 5.11 Å². The van der Waals surface area contributed by atoms with E-state index in [-0.39, 0.29) is 16.3 Å². The monoisotopic (exact) mass is 287 g/mol. The molecule has 0 fully saturated rings. The summed E-state index contributed by atoms with van der Waals surface area (Å²) < 4.78 is 25.9. The number of hydrogen-bond acceptors (Lipinski definition) is 5. The normalized spacial score (nSPS) is 11.6. The Morgan fingerprint density at radius 1 is 1.56 bits per heavy atom. The molecule has 0 amide bonds. The van der Waals surface area contributed by atoms with Gasteiger partial charge in [0.1, 0.15) is 10.0 Å². The van der Waals surface area contributed by atoms with Gasteiger partial charge in [0.25, 0.3) is 0 Å². The Kier molecular flexibility index (Phi) is 3.45. The highest BCUT2D eigenvalue weighted by molar-refractivity contribution is 7.91. The maximum atomic E-state index is 11.8. The molecule has 3 N–H and O–H groups in total. The van der Waals surface area contributed by atoms with Crippen molar-refractivity contribution in [2.75, 3.05) is 0 Å². The van der Waals surface area contributed by atoms with Crippen LogP contribution in [-0.4, -0.2) is 29.5 Å². The Hall–Kier alpha value is -1.71. The molecule has 7 nitrogen and oxygen atoms in total. The van der Waals surface area contributed by atoms with Crippen LogP contribution in [0.2, 0.25) is 0 Å². The standard InChI is InChI=1S/C9H9N3O4S2/c13-9(14)6-3-8(17-5-6)18(15,16)12-4-7-10-1-2-11-7/h1-3,5,12H,4H2,(H,10,11)(H,13,14). The summed E-state index contributed by atoms with van der Waals surface area (Å²) in [4.78, 5) is 17.3. The van der Waals surface area contributed by atoms with Gasteiger partial charge in [-0.1, -0.05) is 0 Å². The van der Waals surface area contributed by atoms with E-state index in [9.17, 15) is 13.2 Å². The number of sulfonamides is 1. The molecule has 2 heterocycles. The lowest BCUT2D eigenvalue weighted by Crippen LogP contribution is -2.23. The molecule has 0 unspecified atom stereocenters. The van der Waals surface area contributed by atoms with Crippen LogP contribution >= 0.6 is 11.3 Å². The number of thiophene rings is 1. The van der Waals surface area contributed by atoms with Gasteiger partial charge >= 0.3 is 5.97 Å². The summed E-state index contributed by atoms with van der Waals surface area (Å²) >= 11 is 0.860. The van der Waals surface area contributed by atoms with Gasteiger partial charge in [0.05, 0.1) is 12.1 Å². The second kappa shape index (κ2) is 4.88. The van der Waals surface area contributed by atoms with Gasteiger partial charge in [0, 0.05) is 17.8 Å². The van der Waals surface area contributed by atoms with Crippen LogP contribution in [0.25, 0.3) is 0 Å². The van der Waals surface area contributed by atoms with E-state index in [1.807, 2.05) is 0 Å². The van der Waals surface area contributed by atoms with Gasteiger partial charge in [-0.25, -0.2) is 22.9 Å². The zero-order valence-corrected chi connectivity index (χ0v) is 10.6. The quantitative estimate of drug-likeness (QED) is 0.747. The number of carboxylic acid groups (broad SMARTS) is 1. The first kappa shape index (κ1) is 12.7. The number of rotatable bonds is 5. The molecule has 0 bridgehead atoms. The first-order valence-corrected chi connectivity index (χ1v) is 7.15. The topological polar surface area (TPSA) is 112 Å². The average Bonchev–Trinajstić information content (AvgIpc) is 2.98. The lowest BCUT2D eigenvalue weighted by Gasteiger charge is -2.01. The molecule has 0 aliphatic heterocycles. The second-order valence-electron chi connectivity index (χ2n) is 3.32. The summed E-state index contributed by atoms with van der Waals surface area (Å²) in [6.07, 6.45) is 3.09. The van der Waals surface area contributed by atoms with Gasteiger partial charge < -0.3 is 10.1 Å². The van der Waals surface area contributed by atoms with Crippen LogP contribution in [0.1, 0.15) is 16.2 Å². The molecule has 18 heavy (non-hydrogen) atoms. The molecular weight excluding hydrogens is 278 g/mol. The van der Waals surface area contributed by atoms with Crippen molar-refractivity contribution in [1.29, 1.82) is 0 Å². The number of imidazole rings is 1. The molecule has 0 saturated carbocycles. The van der Waals surface area contributed by atoms with E-state index in [1.54, 1.807) is 6.20 Å². The van der Waals surface area contributed by atoms with Crippen molar-refractivity contribution in [1.82, 2.24) is 14.7 Å². The molecule has 2 aromatic heterocycles. The van der Waals surface area contributed by atoms with Gasteiger partial charge in [-0.3, -0.25) is 0 Å². The minimum atomic E-state index is -3.70. The summed E-state index contributed by atoms with van der Waals surface area (Å²) in [5.74, 6) is -0.674. The zero-order valence-electron chi connectivity index (χ0n) is 8.95. The summed E-state index contributed by atoms with van der Waals surface area (Å²) in [6, 6.07) is 1.12. The Morgan fingerprint density at radius 3 is 2.89 bits per heavy atom. The number of carbonyl (C=O) groups is 1. The summed E-state index contributed by atoms with van der Waals surface area (Å²) in [5, 5.41) is 10.0. The Labute approximate surface area is 107 Å². The van der Waals surface area contributed by atoms with Crippen molar-refractivity contribution in [2.45, 2.75) is 10.8 Å².